The Labute approximate surface area is 148 Å². The Balaban J connectivity index is 1.58. The molecular formula is C18H28N4O3. The zero-order valence-corrected chi connectivity index (χ0v) is 15.5. The van der Waals surface area contributed by atoms with Crippen LogP contribution in [0.15, 0.2) is 6.33 Å². The number of aryl methyl sites for hydroxylation is 1. The third-order valence-corrected chi connectivity index (χ3v) is 4.90. The number of imidazole rings is 1. The van der Waals surface area contributed by atoms with Gasteiger partial charge in [0.25, 0.3) is 0 Å². The Morgan fingerprint density at radius 2 is 2.08 bits per heavy atom. The van der Waals surface area contributed by atoms with Gasteiger partial charge in [-0.25, -0.2) is 9.78 Å². The van der Waals surface area contributed by atoms with Crippen LogP contribution in [-0.4, -0.2) is 63.0 Å². The summed E-state index contributed by atoms with van der Waals surface area (Å²) >= 11 is 0. The van der Waals surface area contributed by atoms with Crippen molar-refractivity contribution in [2.45, 2.75) is 58.6 Å². The summed E-state index contributed by atoms with van der Waals surface area (Å²) in [6, 6.07) is -0.00284. The Morgan fingerprint density at radius 3 is 2.76 bits per heavy atom. The molecule has 0 spiro atoms. The van der Waals surface area contributed by atoms with Gasteiger partial charge < -0.3 is 19.5 Å². The minimum absolute atomic E-state index is 0.00284. The Hall–Kier alpha value is -2.05. The summed E-state index contributed by atoms with van der Waals surface area (Å²) in [7, 11) is 0. The van der Waals surface area contributed by atoms with Gasteiger partial charge in [0.15, 0.2) is 0 Å². The highest BCUT2D eigenvalue weighted by Gasteiger charge is 2.36. The summed E-state index contributed by atoms with van der Waals surface area (Å²) in [4.78, 5) is 36.3. The summed E-state index contributed by atoms with van der Waals surface area (Å²) in [6.45, 7) is 9.18. The Bertz CT molecular complexity index is 649. The van der Waals surface area contributed by atoms with Crippen molar-refractivity contribution in [3.05, 3.63) is 17.7 Å². The highest BCUT2D eigenvalue weighted by atomic mass is 16.6. The van der Waals surface area contributed by atoms with Gasteiger partial charge in [-0.3, -0.25) is 4.79 Å². The first kappa shape index (κ1) is 17.8. The number of H-pyrrole nitrogens is 1. The van der Waals surface area contributed by atoms with E-state index in [1.165, 1.54) is 0 Å². The fraction of sp³-hybridized carbons (Fsp3) is 0.722. The molecule has 138 valence electrons. The second-order valence-corrected chi connectivity index (χ2v) is 8.07. The molecule has 1 aliphatic heterocycles. The number of fused-ring (bicyclic) bond motifs is 1. The number of carbonyl (C=O) groups excluding carboxylic acids is 2. The number of hydrogen-bond acceptors (Lipinski definition) is 4. The highest BCUT2D eigenvalue weighted by Crippen LogP contribution is 2.26. The van der Waals surface area contributed by atoms with Crippen LogP contribution >= 0.6 is 0 Å². The van der Waals surface area contributed by atoms with E-state index in [1.54, 1.807) is 11.2 Å². The van der Waals surface area contributed by atoms with E-state index < -0.39 is 5.60 Å². The number of carbonyl (C=O) groups is 2. The van der Waals surface area contributed by atoms with Gasteiger partial charge in [0, 0.05) is 43.7 Å². The minimum Gasteiger partial charge on any atom is -0.444 e. The van der Waals surface area contributed by atoms with E-state index in [-0.39, 0.29) is 24.0 Å². The molecule has 0 bridgehead atoms. The Kier molecular flexibility index (Phi) is 4.75. The van der Waals surface area contributed by atoms with Crippen LogP contribution in [0.5, 0.6) is 0 Å². The van der Waals surface area contributed by atoms with Crippen molar-refractivity contribution in [2.24, 2.45) is 5.92 Å². The number of nitrogens with one attached hydrogen (secondary N) is 1. The van der Waals surface area contributed by atoms with E-state index in [0.29, 0.717) is 19.6 Å². The average molecular weight is 348 g/mol. The summed E-state index contributed by atoms with van der Waals surface area (Å²) in [5.74, 6) is 0.195. The van der Waals surface area contributed by atoms with E-state index in [0.717, 1.165) is 30.7 Å². The highest BCUT2D eigenvalue weighted by molar-refractivity contribution is 5.80. The van der Waals surface area contributed by atoms with Crippen molar-refractivity contribution < 1.29 is 14.3 Å². The molecule has 2 amide bonds. The lowest BCUT2D eigenvalue weighted by atomic mass is 9.88. The lowest BCUT2D eigenvalue weighted by Crippen LogP contribution is -2.57. The molecule has 3 rings (SSSR count). The van der Waals surface area contributed by atoms with Crippen molar-refractivity contribution in [2.75, 3.05) is 19.6 Å². The zero-order chi connectivity index (χ0) is 18.2. The van der Waals surface area contributed by atoms with Crippen LogP contribution in [0.3, 0.4) is 0 Å². The number of nitrogens with zero attached hydrogens (tertiary/aromatic N) is 3. The molecule has 1 aromatic rings. The van der Waals surface area contributed by atoms with Crippen LogP contribution in [0.4, 0.5) is 4.79 Å². The van der Waals surface area contributed by atoms with Crippen molar-refractivity contribution in [1.29, 1.82) is 0 Å². The third-order valence-electron chi connectivity index (χ3n) is 4.90. The molecule has 1 saturated heterocycles. The summed E-state index contributed by atoms with van der Waals surface area (Å²) in [5, 5.41) is 0. The lowest BCUT2D eigenvalue weighted by molar-refractivity contribution is -0.140. The number of aromatic amines is 1. The third kappa shape index (κ3) is 3.96. The maximum atomic E-state index is 13.0. The lowest BCUT2D eigenvalue weighted by Gasteiger charge is -2.41. The van der Waals surface area contributed by atoms with Gasteiger partial charge in [-0.15, -0.1) is 0 Å². The second kappa shape index (κ2) is 6.69. The number of aromatic nitrogens is 2. The maximum Gasteiger partial charge on any atom is 0.410 e. The van der Waals surface area contributed by atoms with Crippen molar-refractivity contribution >= 4 is 12.0 Å². The van der Waals surface area contributed by atoms with Crippen LogP contribution in [0.1, 0.15) is 45.5 Å². The first-order chi connectivity index (χ1) is 11.7. The van der Waals surface area contributed by atoms with Crippen molar-refractivity contribution in [3.8, 4) is 0 Å². The molecule has 0 aromatic carbocycles. The predicted molar refractivity (Wildman–Crippen MR) is 93.1 cm³/mol. The molecule has 25 heavy (non-hydrogen) atoms. The number of rotatable bonds is 1. The first-order valence-electron chi connectivity index (χ1n) is 9.04. The van der Waals surface area contributed by atoms with Gasteiger partial charge >= 0.3 is 6.09 Å². The summed E-state index contributed by atoms with van der Waals surface area (Å²) < 4.78 is 5.44. The average Bonchev–Trinajstić information content (AvgIpc) is 3.00. The number of piperazine rings is 1. The number of ether oxygens (including phenoxy) is 1. The van der Waals surface area contributed by atoms with Crippen LogP contribution in [-0.2, 0) is 22.4 Å². The molecular weight excluding hydrogens is 320 g/mol. The van der Waals surface area contributed by atoms with E-state index >= 15 is 0 Å². The van der Waals surface area contributed by atoms with Gasteiger partial charge in [-0.1, -0.05) is 0 Å². The summed E-state index contributed by atoms with van der Waals surface area (Å²) in [5.41, 5.74) is 1.67. The van der Waals surface area contributed by atoms with Gasteiger partial charge in [0.1, 0.15) is 5.60 Å². The fourth-order valence-corrected chi connectivity index (χ4v) is 3.62. The maximum absolute atomic E-state index is 13.0. The number of hydrogen-bond donors (Lipinski definition) is 1. The largest absolute Gasteiger partial charge is 0.444 e. The molecule has 2 atom stereocenters. The van der Waals surface area contributed by atoms with Crippen LogP contribution in [0.2, 0.25) is 0 Å². The van der Waals surface area contributed by atoms with Gasteiger partial charge in [-0.2, -0.15) is 0 Å². The second-order valence-electron chi connectivity index (χ2n) is 8.07. The molecule has 1 aliphatic carbocycles. The summed E-state index contributed by atoms with van der Waals surface area (Å²) in [6.07, 6.45) is 3.83. The molecule has 2 heterocycles. The fourth-order valence-electron chi connectivity index (χ4n) is 3.62. The quantitative estimate of drug-likeness (QED) is 0.842. The van der Waals surface area contributed by atoms with E-state index in [1.807, 2.05) is 32.6 Å². The molecule has 1 aromatic heterocycles. The molecule has 2 aliphatic rings. The number of amides is 2. The normalized spacial score (nSPS) is 24.0. The molecule has 0 radical (unpaired) electrons. The van der Waals surface area contributed by atoms with E-state index in [2.05, 4.69) is 9.97 Å². The molecule has 2 unspecified atom stereocenters. The van der Waals surface area contributed by atoms with E-state index in [4.69, 9.17) is 4.74 Å². The van der Waals surface area contributed by atoms with Gasteiger partial charge in [0.05, 0.1) is 12.0 Å². The van der Waals surface area contributed by atoms with Crippen LogP contribution in [0.25, 0.3) is 0 Å². The van der Waals surface area contributed by atoms with Crippen LogP contribution in [0, 0.1) is 5.92 Å². The standard InChI is InChI=1S/C18H28N4O3/c1-12-10-21(17(24)25-18(2,3)4)7-8-22(12)16(23)13-5-6-14-15(9-13)20-11-19-14/h11-13H,5-10H2,1-4H3,(H,19,20). The van der Waals surface area contributed by atoms with Crippen molar-refractivity contribution in [1.82, 2.24) is 19.8 Å². The molecule has 7 nitrogen and oxygen atoms in total. The van der Waals surface area contributed by atoms with Crippen molar-refractivity contribution in [3.63, 3.8) is 0 Å². The monoisotopic (exact) mass is 348 g/mol. The van der Waals surface area contributed by atoms with E-state index in [9.17, 15) is 9.59 Å². The molecule has 1 fully saturated rings. The first-order valence-corrected chi connectivity index (χ1v) is 9.04. The Morgan fingerprint density at radius 1 is 1.32 bits per heavy atom. The molecule has 0 saturated carbocycles. The topological polar surface area (TPSA) is 78.5 Å². The predicted octanol–water partition coefficient (Wildman–Crippen LogP) is 1.98. The molecule has 1 N–H and O–H groups in total. The molecule has 7 heteroatoms. The van der Waals surface area contributed by atoms with Crippen LogP contribution < -0.4 is 0 Å². The minimum atomic E-state index is -0.503. The SMILES string of the molecule is CC1CN(C(=O)OC(C)(C)C)CCN1C(=O)C1CCc2nc[nH]c2C1. The smallest absolute Gasteiger partial charge is 0.410 e. The van der Waals surface area contributed by atoms with Gasteiger partial charge in [0.2, 0.25) is 5.91 Å². The van der Waals surface area contributed by atoms with Gasteiger partial charge in [-0.05, 0) is 40.5 Å². The zero-order valence-electron chi connectivity index (χ0n) is 15.5.